The van der Waals surface area contributed by atoms with Crippen molar-refractivity contribution in [3.63, 3.8) is 0 Å². The van der Waals surface area contributed by atoms with Gasteiger partial charge in [0.25, 0.3) is 0 Å². The van der Waals surface area contributed by atoms with Crippen molar-refractivity contribution in [3.8, 4) is 17.1 Å². The highest BCUT2D eigenvalue weighted by molar-refractivity contribution is 5.88. The predicted molar refractivity (Wildman–Crippen MR) is 79.7 cm³/mol. The molecular weight excluding hydrogens is 268 g/mol. The molecule has 0 atom stereocenters. The minimum absolute atomic E-state index is 0.263. The topological polar surface area (TPSA) is 64.3 Å². The SMILES string of the molecule is COc1ccc2c(c1)nc(-c1ccc(C(=O)O)cc1)n2C. The number of methoxy groups -OCH3 is 1. The number of ether oxygens (including phenoxy) is 1. The van der Waals surface area contributed by atoms with E-state index in [1.165, 1.54) is 0 Å². The van der Waals surface area contributed by atoms with Crippen LogP contribution in [-0.4, -0.2) is 27.7 Å². The molecule has 0 spiro atoms. The molecule has 0 aliphatic heterocycles. The van der Waals surface area contributed by atoms with E-state index in [4.69, 9.17) is 9.84 Å². The fourth-order valence-electron chi connectivity index (χ4n) is 2.33. The quantitative estimate of drug-likeness (QED) is 0.802. The number of carboxylic acids is 1. The van der Waals surface area contributed by atoms with Gasteiger partial charge in [0.15, 0.2) is 0 Å². The highest BCUT2D eigenvalue weighted by atomic mass is 16.5. The van der Waals surface area contributed by atoms with Gasteiger partial charge in [-0.15, -0.1) is 0 Å². The van der Waals surface area contributed by atoms with E-state index < -0.39 is 5.97 Å². The molecule has 3 aromatic rings. The van der Waals surface area contributed by atoms with E-state index in [-0.39, 0.29) is 5.56 Å². The summed E-state index contributed by atoms with van der Waals surface area (Å²) in [5, 5.41) is 8.94. The van der Waals surface area contributed by atoms with Crippen molar-refractivity contribution in [1.29, 1.82) is 0 Å². The zero-order valence-corrected chi connectivity index (χ0v) is 11.7. The van der Waals surface area contributed by atoms with Gasteiger partial charge < -0.3 is 14.4 Å². The monoisotopic (exact) mass is 282 g/mol. The number of rotatable bonds is 3. The second-order valence-electron chi connectivity index (χ2n) is 4.73. The maximum absolute atomic E-state index is 10.9. The average molecular weight is 282 g/mol. The van der Waals surface area contributed by atoms with Crippen molar-refractivity contribution >= 4 is 17.0 Å². The highest BCUT2D eigenvalue weighted by Gasteiger charge is 2.11. The van der Waals surface area contributed by atoms with E-state index in [0.29, 0.717) is 0 Å². The highest BCUT2D eigenvalue weighted by Crippen LogP contribution is 2.26. The Bertz CT molecular complexity index is 819. The number of carbonyl (C=O) groups is 1. The molecule has 0 bridgehead atoms. The number of imidazole rings is 1. The number of carboxylic acid groups (broad SMARTS) is 1. The third kappa shape index (κ3) is 2.23. The molecule has 0 saturated carbocycles. The molecule has 5 heteroatoms. The molecule has 1 aromatic heterocycles. The molecule has 2 aromatic carbocycles. The number of aryl methyl sites for hydroxylation is 1. The van der Waals surface area contributed by atoms with Gasteiger partial charge in [0.1, 0.15) is 11.6 Å². The van der Waals surface area contributed by atoms with Gasteiger partial charge in [0, 0.05) is 18.7 Å². The maximum atomic E-state index is 10.9. The maximum Gasteiger partial charge on any atom is 0.335 e. The van der Waals surface area contributed by atoms with Crippen molar-refractivity contribution in [1.82, 2.24) is 9.55 Å². The zero-order valence-electron chi connectivity index (χ0n) is 11.7. The van der Waals surface area contributed by atoms with Crippen LogP contribution in [0.25, 0.3) is 22.4 Å². The first-order valence-corrected chi connectivity index (χ1v) is 6.44. The molecule has 3 rings (SSSR count). The molecule has 1 heterocycles. The smallest absolute Gasteiger partial charge is 0.335 e. The fourth-order valence-corrected chi connectivity index (χ4v) is 2.33. The summed E-state index contributed by atoms with van der Waals surface area (Å²) < 4.78 is 7.18. The van der Waals surface area contributed by atoms with Crippen LogP contribution in [0.1, 0.15) is 10.4 Å². The zero-order chi connectivity index (χ0) is 15.0. The number of aromatic nitrogens is 2. The van der Waals surface area contributed by atoms with Gasteiger partial charge in [-0.1, -0.05) is 12.1 Å². The Morgan fingerprint density at radius 2 is 1.90 bits per heavy atom. The Kier molecular flexibility index (Phi) is 3.10. The minimum Gasteiger partial charge on any atom is -0.497 e. The number of nitrogens with zero attached hydrogens (tertiary/aromatic N) is 2. The van der Waals surface area contributed by atoms with Crippen molar-refractivity contribution in [2.75, 3.05) is 7.11 Å². The van der Waals surface area contributed by atoms with Gasteiger partial charge in [-0.3, -0.25) is 0 Å². The number of benzene rings is 2. The molecule has 5 nitrogen and oxygen atoms in total. The molecule has 106 valence electrons. The van der Waals surface area contributed by atoms with Crippen LogP contribution in [0.5, 0.6) is 5.75 Å². The summed E-state index contributed by atoms with van der Waals surface area (Å²) in [5.74, 6) is 0.611. The lowest BCUT2D eigenvalue weighted by atomic mass is 10.1. The van der Waals surface area contributed by atoms with Crippen LogP contribution < -0.4 is 4.74 Å². The summed E-state index contributed by atoms with van der Waals surface area (Å²) in [6.45, 7) is 0. The van der Waals surface area contributed by atoms with Crippen LogP contribution >= 0.6 is 0 Å². The van der Waals surface area contributed by atoms with Gasteiger partial charge in [0.05, 0.1) is 23.7 Å². The van der Waals surface area contributed by atoms with E-state index in [1.54, 1.807) is 31.4 Å². The lowest BCUT2D eigenvalue weighted by molar-refractivity contribution is 0.0697. The van der Waals surface area contributed by atoms with E-state index in [9.17, 15) is 4.79 Å². The number of hydrogen-bond donors (Lipinski definition) is 1. The predicted octanol–water partition coefficient (Wildman–Crippen LogP) is 2.95. The first-order chi connectivity index (χ1) is 10.1. The molecule has 0 aliphatic carbocycles. The first-order valence-electron chi connectivity index (χ1n) is 6.44. The molecule has 0 fully saturated rings. The van der Waals surface area contributed by atoms with Crippen molar-refractivity contribution in [3.05, 3.63) is 48.0 Å². The second-order valence-corrected chi connectivity index (χ2v) is 4.73. The third-order valence-corrected chi connectivity index (χ3v) is 3.48. The Hall–Kier alpha value is -2.82. The van der Waals surface area contributed by atoms with Gasteiger partial charge in [-0.2, -0.15) is 0 Å². The van der Waals surface area contributed by atoms with Crippen LogP contribution in [0, 0.1) is 0 Å². The van der Waals surface area contributed by atoms with Crippen LogP contribution in [0.4, 0.5) is 0 Å². The summed E-state index contributed by atoms with van der Waals surface area (Å²) >= 11 is 0. The van der Waals surface area contributed by atoms with E-state index >= 15 is 0 Å². The summed E-state index contributed by atoms with van der Waals surface area (Å²) in [4.78, 5) is 15.5. The Morgan fingerprint density at radius 1 is 1.19 bits per heavy atom. The summed E-state index contributed by atoms with van der Waals surface area (Å²) in [6, 6.07) is 12.4. The number of hydrogen-bond acceptors (Lipinski definition) is 3. The molecule has 21 heavy (non-hydrogen) atoms. The van der Waals surface area contributed by atoms with Crippen molar-refractivity contribution in [2.45, 2.75) is 0 Å². The second kappa shape index (κ2) is 4.94. The van der Waals surface area contributed by atoms with E-state index in [1.807, 2.05) is 29.8 Å². The normalized spacial score (nSPS) is 10.8. The molecule has 1 N–H and O–H groups in total. The number of fused-ring (bicyclic) bond motifs is 1. The third-order valence-electron chi connectivity index (χ3n) is 3.48. The molecule has 0 aliphatic rings. The molecule has 0 amide bonds. The Morgan fingerprint density at radius 3 is 2.52 bits per heavy atom. The van der Waals surface area contributed by atoms with E-state index in [2.05, 4.69) is 4.98 Å². The fraction of sp³-hybridized carbons (Fsp3) is 0.125. The van der Waals surface area contributed by atoms with Crippen LogP contribution in [0.15, 0.2) is 42.5 Å². The van der Waals surface area contributed by atoms with Gasteiger partial charge in [-0.25, -0.2) is 9.78 Å². The van der Waals surface area contributed by atoms with Crippen LogP contribution in [0.3, 0.4) is 0 Å². The van der Waals surface area contributed by atoms with E-state index in [0.717, 1.165) is 28.2 Å². The minimum atomic E-state index is -0.934. The summed E-state index contributed by atoms with van der Waals surface area (Å²) in [6.07, 6.45) is 0. The molecule has 0 saturated heterocycles. The summed E-state index contributed by atoms with van der Waals surface area (Å²) in [7, 11) is 3.55. The largest absolute Gasteiger partial charge is 0.497 e. The lowest BCUT2D eigenvalue weighted by Crippen LogP contribution is -1.96. The molecule has 0 radical (unpaired) electrons. The van der Waals surface area contributed by atoms with Crippen LogP contribution in [0.2, 0.25) is 0 Å². The lowest BCUT2D eigenvalue weighted by Gasteiger charge is -2.03. The van der Waals surface area contributed by atoms with Crippen molar-refractivity contribution in [2.24, 2.45) is 7.05 Å². The van der Waals surface area contributed by atoms with Gasteiger partial charge >= 0.3 is 5.97 Å². The summed E-state index contributed by atoms with van der Waals surface area (Å²) in [5.41, 5.74) is 2.97. The van der Waals surface area contributed by atoms with Crippen LogP contribution in [-0.2, 0) is 7.05 Å². The standard InChI is InChI=1S/C16H14N2O3/c1-18-14-8-7-12(21-2)9-13(14)17-15(18)10-3-5-11(6-4-10)16(19)20/h3-9H,1-2H3,(H,19,20). The Labute approximate surface area is 121 Å². The Balaban J connectivity index is 2.11. The number of aromatic carboxylic acids is 1. The van der Waals surface area contributed by atoms with Crippen molar-refractivity contribution < 1.29 is 14.6 Å². The average Bonchev–Trinajstić information content (AvgIpc) is 2.83. The van der Waals surface area contributed by atoms with Gasteiger partial charge in [-0.05, 0) is 24.3 Å². The molecule has 0 unspecified atom stereocenters. The van der Waals surface area contributed by atoms with Gasteiger partial charge in [0.2, 0.25) is 0 Å². The molecular formula is C16H14N2O3. The first kappa shape index (κ1) is 13.2.